The number of likely N-dealkylation sites (N-methyl/N-ethyl adjacent to an activating group) is 1. The van der Waals surface area contributed by atoms with Crippen molar-refractivity contribution in [3.63, 3.8) is 0 Å². The first-order chi connectivity index (χ1) is 4.66. The fraction of sp³-hybridized carbons (Fsp3) is 0.667. The Labute approximate surface area is 59.7 Å². The van der Waals surface area contributed by atoms with Gasteiger partial charge in [0.05, 0.1) is 6.04 Å². The molecule has 1 heterocycles. The molecule has 0 bridgehead atoms. The van der Waals surface area contributed by atoms with Crippen LogP contribution >= 0.6 is 0 Å². The van der Waals surface area contributed by atoms with E-state index in [0.29, 0.717) is 5.84 Å². The summed E-state index contributed by atoms with van der Waals surface area (Å²) in [7, 11) is 1.70. The number of urea groups is 1. The van der Waals surface area contributed by atoms with Crippen molar-refractivity contribution in [2.24, 2.45) is 0 Å². The van der Waals surface area contributed by atoms with Crippen LogP contribution in [0, 0.1) is 5.41 Å². The van der Waals surface area contributed by atoms with Crippen molar-refractivity contribution in [1.82, 2.24) is 10.2 Å². The molecule has 1 fully saturated rings. The molecule has 1 rings (SSSR count). The van der Waals surface area contributed by atoms with Crippen LogP contribution in [-0.4, -0.2) is 29.9 Å². The summed E-state index contributed by atoms with van der Waals surface area (Å²) in [6.45, 7) is 1.95. The molecule has 2 N–H and O–H groups in total. The third-order valence-electron chi connectivity index (χ3n) is 1.75. The molecule has 0 spiro atoms. The van der Waals surface area contributed by atoms with E-state index in [1.54, 1.807) is 11.9 Å². The highest BCUT2D eigenvalue weighted by molar-refractivity contribution is 6.05. The first kappa shape index (κ1) is 7.05. The van der Waals surface area contributed by atoms with Crippen LogP contribution in [0.4, 0.5) is 4.79 Å². The van der Waals surface area contributed by atoms with E-state index >= 15 is 0 Å². The number of hydrogen-bond donors (Lipinski definition) is 2. The highest BCUT2D eigenvalue weighted by Gasteiger charge is 2.30. The van der Waals surface area contributed by atoms with Gasteiger partial charge in [-0.15, -0.1) is 0 Å². The normalized spacial score (nSPS) is 25.4. The van der Waals surface area contributed by atoms with Crippen molar-refractivity contribution in [2.75, 3.05) is 7.05 Å². The van der Waals surface area contributed by atoms with Crippen molar-refractivity contribution in [3.8, 4) is 0 Å². The molecule has 4 nitrogen and oxygen atoms in total. The quantitative estimate of drug-likeness (QED) is 0.545. The molecule has 2 amide bonds. The zero-order valence-electron chi connectivity index (χ0n) is 6.14. The highest BCUT2D eigenvalue weighted by atomic mass is 16.2. The first-order valence-electron chi connectivity index (χ1n) is 3.29. The Morgan fingerprint density at radius 1 is 1.80 bits per heavy atom. The SMILES string of the molecule is CCC1C(=N)NC(=O)N1C. The number of carbonyl (C=O) groups is 1. The smallest absolute Gasteiger partial charge is 0.317 e. The van der Waals surface area contributed by atoms with Gasteiger partial charge >= 0.3 is 6.03 Å². The van der Waals surface area contributed by atoms with Gasteiger partial charge in [0.2, 0.25) is 0 Å². The van der Waals surface area contributed by atoms with Gasteiger partial charge in [0.1, 0.15) is 5.84 Å². The van der Waals surface area contributed by atoms with Crippen LogP contribution in [0.15, 0.2) is 0 Å². The molecule has 0 radical (unpaired) electrons. The van der Waals surface area contributed by atoms with E-state index in [9.17, 15) is 4.79 Å². The van der Waals surface area contributed by atoms with E-state index in [0.717, 1.165) is 6.42 Å². The predicted octanol–water partition coefficient (Wildman–Crippen LogP) is 0.397. The van der Waals surface area contributed by atoms with E-state index in [2.05, 4.69) is 5.32 Å². The van der Waals surface area contributed by atoms with Gasteiger partial charge in [-0.2, -0.15) is 0 Å². The highest BCUT2D eigenvalue weighted by Crippen LogP contribution is 2.08. The average Bonchev–Trinajstić information content (AvgIpc) is 2.09. The van der Waals surface area contributed by atoms with Gasteiger partial charge in [-0.05, 0) is 6.42 Å². The van der Waals surface area contributed by atoms with E-state index in [1.807, 2.05) is 6.92 Å². The first-order valence-corrected chi connectivity index (χ1v) is 3.29. The van der Waals surface area contributed by atoms with E-state index in [4.69, 9.17) is 5.41 Å². The van der Waals surface area contributed by atoms with Crippen LogP contribution < -0.4 is 5.32 Å². The van der Waals surface area contributed by atoms with Gasteiger partial charge in [-0.1, -0.05) is 6.92 Å². The minimum absolute atomic E-state index is 0.0347. The number of nitrogens with zero attached hydrogens (tertiary/aromatic N) is 1. The zero-order valence-corrected chi connectivity index (χ0v) is 6.14. The summed E-state index contributed by atoms with van der Waals surface area (Å²) in [4.78, 5) is 12.4. The fourth-order valence-electron chi connectivity index (χ4n) is 1.10. The summed E-state index contributed by atoms with van der Waals surface area (Å²) < 4.78 is 0. The average molecular weight is 141 g/mol. The molecule has 0 aliphatic carbocycles. The number of carbonyl (C=O) groups excluding carboxylic acids is 1. The lowest BCUT2D eigenvalue weighted by molar-refractivity contribution is 0.216. The molecule has 0 aromatic heterocycles. The molecule has 4 heteroatoms. The van der Waals surface area contributed by atoms with Crippen molar-refractivity contribution in [2.45, 2.75) is 19.4 Å². The molecule has 1 saturated heterocycles. The van der Waals surface area contributed by atoms with Crippen molar-refractivity contribution >= 4 is 11.9 Å². The lowest BCUT2D eigenvalue weighted by Crippen LogP contribution is -2.30. The van der Waals surface area contributed by atoms with E-state index in [1.165, 1.54) is 0 Å². The second-order valence-electron chi connectivity index (χ2n) is 2.38. The Morgan fingerprint density at radius 3 is 2.60 bits per heavy atom. The summed E-state index contributed by atoms with van der Waals surface area (Å²) in [5.74, 6) is 0.315. The summed E-state index contributed by atoms with van der Waals surface area (Å²) in [6.07, 6.45) is 0.800. The second kappa shape index (κ2) is 2.28. The maximum absolute atomic E-state index is 10.8. The molecule has 10 heavy (non-hydrogen) atoms. The Kier molecular flexibility index (Phi) is 1.61. The van der Waals surface area contributed by atoms with Gasteiger partial charge in [0, 0.05) is 7.05 Å². The number of rotatable bonds is 1. The maximum Gasteiger partial charge on any atom is 0.323 e. The number of hydrogen-bond acceptors (Lipinski definition) is 2. The summed E-state index contributed by atoms with van der Waals surface area (Å²) in [6, 6.07) is -0.204. The Morgan fingerprint density at radius 2 is 2.40 bits per heavy atom. The van der Waals surface area contributed by atoms with Gasteiger partial charge in [0.25, 0.3) is 0 Å². The van der Waals surface area contributed by atoms with Crippen molar-refractivity contribution in [1.29, 1.82) is 5.41 Å². The van der Waals surface area contributed by atoms with Crippen LogP contribution in [0.5, 0.6) is 0 Å². The monoisotopic (exact) mass is 141 g/mol. The largest absolute Gasteiger partial charge is 0.323 e. The molecule has 56 valence electrons. The molecule has 1 atom stereocenters. The van der Waals surface area contributed by atoms with Gasteiger partial charge in [0.15, 0.2) is 0 Å². The third kappa shape index (κ3) is 0.853. The van der Waals surface area contributed by atoms with Gasteiger partial charge in [-0.3, -0.25) is 10.7 Å². The number of nitrogens with one attached hydrogen (secondary N) is 2. The fourth-order valence-corrected chi connectivity index (χ4v) is 1.10. The van der Waals surface area contributed by atoms with E-state index < -0.39 is 0 Å². The number of amides is 2. The summed E-state index contributed by atoms with van der Waals surface area (Å²) in [5, 5.41) is 9.73. The zero-order chi connectivity index (χ0) is 7.72. The minimum Gasteiger partial charge on any atom is -0.317 e. The molecule has 0 aromatic rings. The molecular weight excluding hydrogens is 130 g/mol. The topological polar surface area (TPSA) is 56.2 Å². The van der Waals surface area contributed by atoms with Gasteiger partial charge < -0.3 is 4.90 Å². The lowest BCUT2D eigenvalue weighted by Gasteiger charge is -2.14. The number of amidine groups is 1. The molecule has 1 aliphatic rings. The van der Waals surface area contributed by atoms with Crippen molar-refractivity contribution in [3.05, 3.63) is 0 Å². The van der Waals surface area contributed by atoms with Crippen LogP contribution in [0.1, 0.15) is 13.3 Å². The van der Waals surface area contributed by atoms with Crippen LogP contribution in [0.2, 0.25) is 0 Å². The lowest BCUT2D eigenvalue weighted by atomic mass is 10.2. The van der Waals surface area contributed by atoms with E-state index in [-0.39, 0.29) is 12.1 Å². The minimum atomic E-state index is -0.170. The predicted molar refractivity (Wildman–Crippen MR) is 38.1 cm³/mol. The molecule has 0 saturated carbocycles. The van der Waals surface area contributed by atoms with Crippen molar-refractivity contribution < 1.29 is 4.79 Å². The maximum atomic E-state index is 10.8. The molecule has 1 unspecified atom stereocenters. The van der Waals surface area contributed by atoms with Crippen LogP contribution in [0.25, 0.3) is 0 Å². The Bertz CT molecular complexity index is 178. The Balaban J connectivity index is 2.73. The van der Waals surface area contributed by atoms with Gasteiger partial charge in [-0.25, -0.2) is 4.79 Å². The third-order valence-corrected chi connectivity index (χ3v) is 1.75. The Hall–Kier alpha value is -1.06. The van der Waals surface area contributed by atoms with Crippen LogP contribution in [0.3, 0.4) is 0 Å². The molecule has 0 aromatic carbocycles. The standard InChI is InChI=1S/C6H11N3O/c1-3-4-5(7)8-6(10)9(4)2/h4H,3H2,1-2H3,(H2,7,8,10). The van der Waals surface area contributed by atoms with Crippen LogP contribution in [-0.2, 0) is 0 Å². The summed E-state index contributed by atoms with van der Waals surface area (Å²) in [5.41, 5.74) is 0. The second-order valence-corrected chi connectivity index (χ2v) is 2.38. The molecule has 1 aliphatic heterocycles. The summed E-state index contributed by atoms with van der Waals surface area (Å²) >= 11 is 0. The molecular formula is C6H11N3O.